The van der Waals surface area contributed by atoms with Crippen molar-refractivity contribution in [1.82, 2.24) is 0 Å². The number of carbonyl (C=O) groups is 1. The van der Waals surface area contributed by atoms with Crippen molar-refractivity contribution < 1.29 is 18.7 Å². The van der Waals surface area contributed by atoms with Crippen molar-refractivity contribution in [3.05, 3.63) is 35.4 Å². The third kappa shape index (κ3) is 2.75. The summed E-state index contributed by atoms with van der Waals surface area (Å²) in [7, 11) is 0. The summed E-state index contributed by atoms with van der Waals surface area (Å²) >= 11 is 0. The Morgan fingerprint density at radius 2 is 1.89 bits per heavy atom. The molecule has 0 spiro atoms. The van der Waals surface area contributed by atoms with Gasteiger partial charge in [-0.3, -0.25) is 4.79 Å². The van der Waals surface area contributed by atoms with E-state index in [4.69, 9.17) is 0 Å². The number of carbonyl (C=O) groups excluding carboxylic acids is 1. The predicted octanol–water partition coefficient (Wildman–Crippen LogP) is 2.77. The third-order valence-corrected chi connectivity index (χ3v) is 3.56. The molecule has 0 bridgehead atoms. The first-order valence-electron chi connectivity index (χ1n) is 6.21. The Morgan fingerprint density at radius 1 is 1.22 bits per heavy atom. The summed E-state index contributed by atoms with van der Waals surface area (Å²) in [6, 6.07) is 3.03. The molecule has 0 heterocycles. The van der Waals surface area contributed by atoms with Gasteiger partial charge in [-0.15, -0.1) is 0 Å². The largest absolute Gasteiger partial charge is 0.382 e. The number of rotatable bonds is 3. The Morgan fingerprint density at radius 3 is 2.56 bits per heavy atom. The number of aliphatic hydroxyl groups is 1. The third-order valence-electron chi connectivity index (χ3n) is 3.56. The van der Waals surface area contributed by atoms with E-state index in [0.29, 0.717) is 12.8 Å². The fourth-order valence-corrected chi connectivity index (χ4v) is 2.43. The fourth-order valence-electron chi connectivity index (χ4n) is 2.43. The highest BCUT2D eigenvalue weighted by atomic mass is 19.1. The van der Waals surface area contributed by atoms with Crippen LogP contribution < -0.4 is 0 Å². The minimum absolute atomic E-state index is 0.0130. The van der Waals surface area contributed by atoms with Crippen molar-refractivity contribution >= 4 is 5.78 Å². The lowest BCUT2D eigenvalue weighted by molar-refractivity contribution is -0.139. The van der Waals surface area contributed by atoms with Gasteiger partial charge in [0.25, 0.3) is 0 Å². The van der Waals surface area contributed by atoms with Gasteiger partial charge >= 0.3 is 0 Å². The molecule has 0 unspecified atom stereocenters. The van der Waals surface area contributed by atoms with Crippen molar-refractivity contribution in [2.24, 2.45) is 0 Å². The zero-order valence-electron chi connectivity index (χ0n) is 10.1. The van der Waals surface area contributed by atoms with Gasteiger partial charge in [0.15, 0.2) is 5.78 Å². The first-order chi connectivity index (χ1) is 8.51. The minimum atomic E-state index is -1.35. The number of hydrogen-bond donors (Lipinski definition) is 1. The van der Waals surface area contributed by atoms with Crippen LogP contribution in [0.3, 0.4) is 0 Å². The quantitative estimate of drug-likeness (QED) is 0.900. The Balaban J connectivity index is 2.13. The summed E-state index contributed by atoms with van der Waals surface area (Å²) in [6.07, 6.45) is 3.19. The van der Waals surface area contributed by atoms with Gasteiger partial charge in [-0.2, -0.15) is 0 Å². The maximum Gasteiger partial charge on any atom is 0.168 e. The van der Waals surface area contributed by atoms with Crippen molar-refractivity contribution in [1.29, 1.82) is 0 Å². The lowest BCUT2D eigenvalue weighted by atomic mass is 9.80. The average Bonchev–Trinajstić information content (AvgIpc) is 2.35. The molecule has 0 aromatic heterocycles. The number of hydrogen-bond acceptors (Lipinski definition) is 2. The van der Waals surface area contributed by atoms with E-state index in [1.807, 2.05) is 0 Å². The molecule has 2 nitrogen and oxygen atoms in total. The monoisotopic (exact) mass is 254 g/mol. The van der Waals surface area contributed by atoms with E-state index in [9.17, 15) is 18.7 Å². The van der Waals surface area contributed by atoms with E-state index in [2.05, 4.69) is 0 Å². The summed E-state index contributed by atoms with van der Waals surface area (Å²) in [4.78, 5) is 12.0. The Bertz CT molecular complexity index is 451. The molecule has 0 aliphatic heterocycles. The molecule has 1 fully saturated rings. The van der Waals surface area contributed by atoms with E-state index < -0.39 is 23.0 Å². The first-order valence-corrected chi connectivity index (χ1v) is 6.21. The van der Waals surface area contributed by atoms with Crippen LogP contribution in [0.2, 0.25) is 0 Å². The van der Waals surface area contributed by atoms with Crippen molar-refractivity contribution in [3.63, 3.8) is 0 Å². The first kappa shape index (κ1) is 13.1. The van der Waals surface area contributed by atoms with Crippen LogP contribution in [0.4, 0.5) is 8.78 Å². The van der Waals surface area contributed by atoms with Crippen LogP contribution in [0, 0.1) is 11.6 Å². The molecule has 0 atom stereocenters. The molecule has 2 rings (SSSR count). The van der Waals surface area contributed by atoms with Gasteiger partial charge in [0.1, 0.15) is 17.2 Å². The molecule has 0 radical (unpaired) electrons. The maximum absolute atomic E-state index is 13.4. The molecule has 0 amide bonds. The molecule has 1 N–H and O–H groups in total. The average molecular weight is 254 g/mol. The van der Waals surface area contributed by atoms with E-state index in [1.165, 1.54) is 0 Å². The zero-order chi connectivity index (χ0) is 13.2. The van der Waals surface area contributed by atoms with Crippen LogP contribution in [0.5, 0.6) is 0 Å². The van der Waals surface area contributed by atoms with Gasteiger partial charge in [-0.25, -0.2) is 8.78 Å². The van der Waals surface area contributed by atoms with Gasteiger partial charge in [-0.1, -0.05) is 19.3 Å². The molecule has 1 saturated carbocycles. The lowest BCUT2D eigenvalue weighted by Crippen LogP contribution is -2.41. The van der Waals surface area contributed by atoms with Crippen molar-refractivity contribution in [3.8, 4) is 0 Å². The second-order valence-electron chi connectivity index (χ2n) is 4.93. The highest BCUT2D eigenvalue weighted by molar-refractivity contribution is 5.89. The van der Waals surface area contributed by atoms with Crippen LogP contribution in [-0.2, 0) is 11.2 Å². The predicted molar refractivity (Wildman–Crippen MR) is 63.1 cm³/mol. The minimum Gasteiger partial charge on any atom is -0.382 e. The van der Waals surface area contributed by atoms with Gasteiger partial charge in [0.2, 0.25) is 0 Å². The molecule has 1 aliphatic rings. The number of benzene rings is 1. The van der Waals surface area contributed by atoms with E-state index in [1.54, 1.807) is 0 Å². The van der Waals surface area contributed by atoms with Gasteiger partial charge in [0.05, 0.1) is 0 Å². The van der Waals surface area contributed by atoms with Gasteiger partial charge < -0.3 is 5.11 Å². The smallest absolute Gasteiger partial charge is 0.168 e. The SMILES string of the molecule is O=C(Cc1cc(F)ccc1F)C1(O)CCCCC1. The van der Waals surface area contributed by atoms with Crippen molar-refractivity contribution in [2.75, 3.05) is 0 Å². The van der Waals surface area contributed by atoms with Crippen LogP contribution in [0.25, 0.3) is 0 Å². The van der Waals surface area contributed by atoms with Gasteiger partial charge in [0, 0.05) is 6.42 Å². The Labute approximate surface area is 105 Å². The molecular formula is C14H16F2O2. The molecule has 1 aromatic carbocycles. The van der Waals surface area contributed by atoms with E-state index in [0.717, 1.165) is 37.5 Å². The summed E-state index contributed by atoms with van der Waals surface area (Å²) in [6.45, 7) is 0. The number of halogens is 2. The lowest BCUT2D eigenvalue weighted by Gasteiger charge is -2.30. The van der Waals surface area contributed by atoms with Crippen LogP contribution in [0.1, 0.15) is 37.7 Å². The van der Waals surface area contributed by atoms with E-state index in [-0.39, 0.29) is 12.0 Å². The standard InChI is InChI=1S/C14H16F2O2/c15-11-4-5-12(16)10(8-11)9-13(17)14(18)6-2-1-3-7-14/h4-5,8,18H,1-3,6-7,9H2. The van der Waals surface area contributed by atoms with E-state index >= 15 is 0 Å². The summed E-state index contributed by atoms with van der Waals surface area (Å²) in [5.41, 5.74) is -1.34. The highest BCUT2D eigenvalue weighted by Crippen LogP contribution is 2.30. The molecule has 18 heavy (non-hydrogen) atoms. The summed E-state index contributed by atoms with van der Waals surface area (Å²) < 4.78 is 26.4. The molecule has 1 aromatic rings. The zero-order valence-corrected chi connectivity index (χ0v) is 10.1. The fraction of sp³-hybridized carbons (Fsp3) is 0.500. The molecular weight excluding hydrogens is 238 g/mol. The molecule has 0 saturated heterocycles. The topological polar surface area (TPSA) is 37.3 Å². The second kappa shape index (κ2) is 5.14. The summed E-state index contributed by atoms with van der Waals surface area (Å²) in [5, 5.41) is 10.2. The Kier molecular flexibility index (Phi) is 3.76. The second-order valence-corrected chi connectivity index (χ2v) is 4.93. The van der Waals surface area contributed by atoms with Crippen LogP contribution >= 0.6 is 0 Å². The summed E-state index contributed by atoms with van der Waals surface area (Å²) in [5.74, 6) is -1.59. The van der Waals surface area contributed by atoms with Gasteiger partial charge in [-0.05, 0) is 36.6 Å². The molecule has 98 valence electrons. The highest BCUT2D eigenvalue weighted by Gasteiger charge is 2.36. The number of Topliss-reactive ketones (excluding diaryl/α,β-unsaturated/α-hetero) is 1. The number of ketones is 1. The normalized spacial score (nSPS) is 18.6. The van der Waals surface area contributed by atoms with Crippen LogP contribution in [0.15, 0.2) is 18.2 Å². The molecule has 1 aliphatic carbocycles. The van der Waals surface area contributed by atoms with Crippen molar-refractivity contribution in [2.45, 2.75) is 44.1 Å². The van der Waals surface area contributed by atoms with Crippen LogP contribution in [-0.4, -0.2) is 16.5 Å². The maximum atomic E-state index is 13.4. The Hall–Kier alpha value is -1.29. The molecule has 4 heteroatoms.